The van der Waals surface area contributed by atoms with Crippen LogP contribution in [-0.4, -0.2) is 49.6 Å². The molecule has 1 heterocycles. The third-order valence-electron chi connectivity index (χ3n) is 4.15. The Morgan fingerprint density at radius 2 is 2.26 bits per heavy atom. The topological polar surface area (TPSA) is 32.5 Å². The fourth-order valence-electron chi connectivity index (χ4n) is 2.96. The molecule has 1 atom stereocenters. The summed E-state index contributed by atoms with van der Waals surface area (Å²) in [6, 6.07) is 9.01. The zero-order valence-electron chi connectivity index (χ0n) is 12.3. The van der Waals surface area contributed by atoms with Gasteiger partial charge in [0.15, 0.2) is 0 Å². The predicted octanol–water partition coefficient (Wildman–Crippen LogP) is 2.23. The van der Waals surface area contributed by atoms with Crippen LogP contribution in [0.1, 0.15) is 24.8 Å². The van der Waals surface area contributed by atoms with Gasteiger partial charge in [-0.3, -0.25) is 0 Å². The monoisotopic (exact) mass is 261 g/mol. The molecule has 19 heavy (non-hydrogen) atoms. The Balaban J connectivity index is 1.67. The second-order valence-electron chi connectivity index (χ2n) is 5.89. The van der Waals surface area contributed by atoms with Crippen LogP contribution in [0.25, 0.3) is 0 Å². The molecule has 3 nitrogen and oxygen atoms in total. The quantitative estimate of drug-likeness (QED) is 0.797. The minimum atomic E-state index is 0.761. The predicted molar refractivity (Wildman–Crippen MR) is 82.3 cm³/mol. The van der Waals surface area contributed by atoms with Crippen LogP contribution < -0.4 is 5.73 Å². The van der Waals surface area contributed by atoms with Gasteiger partial charge in [-0.2, -0.15) is 0 Å². The summed E-state index contributed by atoms with van der Waals surface area (Å²) in [5.41, 5.74) is 8.03. The first-order valence-corrected chi connectivity index (χ1v) is 7.38. The molecular weight excluding hydrogens is 234 g/mol. The summed E-state index contributed by atoms with van der Waals surface area (Å²) in [6.07, 6.45) is 5.04. The zero-order valence-corrected chi connectivity index (χ0v) is 12.3. The van der Waals surface area contributed by atoms with Crippen molar-refractivity contribution in [3.8, 4) is 0 Å². The Morgan fingerprint density at radius 1 is 1.42 bits per heavy atom. The first kappa shape index (κ1) is 14.4. The Kier molecular flexibility index (Phi) is 5.23. The molecule has 0 bridgehead atoms. The number of rotatable bonds is 6. The Labute approximate surface area is 117 Å². The summed E-state index contributed by atoms with van der Waals surface area (Å²) >= 11 is 0. The average Bonchev–Trinajstić information content (AvgIpc) is 2.75. The molecule has 0 saturated carbocycles. The van der Waals surface area contributed by atoms with Gasteiger partial charge in [0.05, 0.1) is 0 Å². The number of likely N-dealkylation sites (tertiary alicyclic amines) is 1. The summed E-state index contributed by atoms with van der Waals surface area (Å²) in [5.74, 6) is 0. The minimum Gasteiger partial charge on any atom is -0.399 e. The number of benzene rings is 1. The van der Waals surface area contributed by atoms with E-state index in [1.165, 1.54) is 44.5 Å². The maximum Gasteiger partial charge on any atom is 0.0316 e. The Morgan fingerprint density at radius 3 is 2.95 bits per heavy atom. The maximum atomic E-state index is 5.80. The van der Waals surface area contributed by atoms with Gasteiger partial charge >= 0.3 is 0 Å². The standard InChI is InChI=1S/C16H27N3/c1-18(13-16-9-5-11-19(16)2)10-4-7-14-6-3-8-15(17)12-14/h3,6,8,12,16H,4-5,7,9-11,13,17H2,1-2H3. The van der Waals surface area contributed by atoms with Crippen molar-refractivity contribution in [2.45, 2.75) is 31.7 Å². The van der Waals surface area contributed by atoms with Crippen molar-refractivity contribution >= 4 is 5.69 Å². The molecule has 2 rings (SSSR count). The fraction of sp³-hybridized carbons (Fsp3) is 0.625. The molecule has 106 valence electrons. The Bertz CT molecular complexity index is 391. The van der Waals surface area contributed by atoms with Crippen molar-refractivity contribution in [3.05, 3.63) is 29.8 Å². The van der Waals surface area contributed by atoms with E-state index in [9.17, 15) is 0 Å². The number of aryl methyl sites for hydroxylation is 1. The highest BCUT2D eigenvalue weighted by atomic mass is 15.2. The van der Waals surface area contributed by atoms with E-state index in [4.69, 9.17) is 5.73 Å². The molecule has 1 aliphatic rings. The number of nitrogens with zero attached hydrogens (tertiary/aromatic N) is 2. The number of nitrogens with two attached hydrogens (primary N) is 1. The van der Waals surface area contributed by atoms with Crippen LogP contribution in [0.4, 0.5) is 5.69 Å². The second kappa shape index (κ2) is 6.92. The van der Waals surface area contributed by atoms with Gasteiger partial charge in [-0.25, -0.2) is 0 Å². The van der Waals surface area contributed by atoms with Crippen molar-refractivity contribution < 1.29 is 0 Å². The molecular formula is C16H27N3. The van der Waals surface area contributed by atoms with Crippen LogP contribution in [0.2, 0.25) is 0 Å². The summed E-state index contributed by atoms with van der Waals surface area (Å²) in [7, 11) is 4.49. The molecule has 1 aliphatic heterocycles. The van der Waals surface area contributed by atoms with Gasteiger partial charge in [0, 0.05) is 18.3 Å². The van der Waals surface area contributed by atoms with Crippen LogP contribution in [-0.2, 0) is 6.42 Å². The van der Waals surface area contributed by atoms with E-state index in [1.807, 2.05) is 12.1 Å². The summed E-state index contributed by atoms with van der Waals surface area (Å²) in [6.45, 7) is 3.63. The summed E-state index contributed by atoms with van der Waals surface area (Å²) in [5, 5.41) is 0. The first-order valence-electron chi connectivity index (χ1n) is 7.38. The fourth-order valence-corrected chi connectivity index (χ4v) is 2.96. The van der Waals surface area contributed by atoms with Gasteiger partial charge in [0.1, 0.15) is 0 Å². The maximum absolute atomic E-state index is 5.80. The lowest BCUT2D eigenvalue weighted by Crippen LogP contribution is -2.37. The van der Waals surface area contributed by atoms with Crippen LogP contribution in [0.3, 0.4) is 0 Å². The lowest BCUT2D eigenvalue weighted by atomic mass is 10.1. The zero-order chi connectivity index (χ0) is 13.7. The number of nitrogen functional groups attached to an aromatic ring is 1. The number of hydrogen-bond acceptors (Lipinski definition) is 3. The van der Waals surface area contributed by atoms with Crippen molar-refractivity contribution in [1.29, 1.82) is 0 Å². The van der Waals surface area contributed by atoms with E-state index in [-0.39, 0.29) is 0 Å². The highest BCUT2D eigenvalue weighted by Crippen LogP contribution is 2.15. The van der Waals surface area contributed by atoms with Gasteiger partial charge in [-0.15, -0.1) is 0 Å². The third kappa shape index (κ3) is 4.51. The molecule has 1 unspecified atom stereocenters. The molecule has 1 aromatic rings. The first-order chi connectivity index (χ1) is 9.15. The smallest absolute Gasteiger partial charge is 0.0316 e. The van der Waals surface area contributed by atoms with Crippen molar-refractivity contribution in [2.75, 3.05) is 39.5 Å². The van der Waals surface area contributed by atoms with Crippen LogP contribution in [0.15, 0.2) is 24.3 Å². The molecule has 0 spiro atoms. The van der Waals surface area contributed by atoms with Crippen LogP contribution in [0.5, 0.6) is 0 Å². The van der Waals surface area contributed by atoms with Crippen molar-refractivity contribution in [1.82, 2.24) is 9.80 Å². The summed E-state index contributed by atoms with van der Waals surface area (Å²) in [4.78, 5) is 4.97. The second-order valence-corrected chi connectivity index (χ2v) is 5.89. The van der Waals surface area contributed by atoms with Gasteiger partial charge < -0.3 is 15.5 Å². The van der Waals surface area contributed by atoms with Gasteiger partial charge in [-0.05, 0) is 70.6 Å². The van der Waals surface area contributed by atoms with E-state index in [0.29, 0.717) is 0 Å². The van der Waals surface area contributed by atoms with Crippen LogP contribution in [0, 0.1) is 0 Å². The molecule has 1 fully saturated rings. The van der Waals surface area contributed by atoms with E-state index in [2.05, 4.69) is 36.0 Å². The van der Waals surface area contributed by atoms with Crippen LogP contribution >= 0.6 is 0 Å². The SMILES string of the molecule is CN(CCCc1cccc(N)c1)CC1CCCN1C. The highest BCUT2D eigenvalue weighted by molar-refractivity contribution is 5.40. The van der Waals surface area contributed by atoms with E-state index in [1.54, 1.807) is 0 Å². The molecule has 0 aromatic heterocycles. The van der Waals surface area contributed by atoms with Gasteiger partial charge in [0.2, 0.25) is 0 Å². The molecule has 0 aliphatic carbocycles. The lowest BCUT2D eigenvalue weighted by molar-refractivity contribution is 0.219. The number of hydrogen-bond donors (Lipinski definition) is 1. The molecule has 3 heteroatoms. The average molecular weight is 261 g/mol. The largest absolute Gasteiger partial charge is 0.399 e. The summed E-state index contributed by atoms with van der Waals surface area (Å²) < 4.78 is 0. The molecule has 1 saturated heterocycles. The van der Waals surface area contributed by atoms with E-state index in [0.717, 1.165) is 18.2 Å². The third-order valence-corrected chi connectivity index (χ3v) is 4.15. The number of anilines is 1. The molecule has 2 N–H and O–H groups in total. The highest BCUT2D eigenvalue weighted by Gasteiger charge is 2.21. The lowest BCUT2D eigenvalue weighted by Gasteiger charge is -2.25. The number of likely N-dealkylation sites (N-methyl/N-ethyl adjacent to an activating group) is 2. The molecule has 1 aromatic carbocycles. The minimum absolute atomic E-state index is 0.761. The van der Waals surface area contributed by atoms with E-state index < -0.39 is 0 Å². The van der Waals surface area contributed by atoms with Crippen molar-refractivity contribution in [2.24, 2.45) is 0 Å². The van der Waals surface area contributed by atoms with E-state index >= 15 is 0 Å². The van der Waals surface area contributed by atoms with Gasteiger partial charge in [0.25, 0.3) is 0 Å². The Hall–Kier alpha value is -1.06. The molecule has 0 amide bonds. The van der Waals surface area contributed by atoms with Crippen molar-refractivity contribution in [3.63, 3.8) is 0 Å². The molecule has 0 radical (unpaired) electrons. The normalized spacial score (nSPS) is 20.3. The van der Waals surface area contributed by atoms with Gasteiger partial charge in [-0.1, -0.05) is 12.1 Å².